The summed E-state index contributed by atoms with van der Waals surface area (Å²) in [5, 5.41) is 3.47. The SMILES string of the molecule is CC1CN2CCCCC2CN1C(=O)CNC1CCCC1. The molecule has 2 saturated heterocycles. The maximum atomic E-state index is 12.5. The van der Waals surface area contributed by atoms with Crippen LogP contribution in [0.15, 0.2) is 0 Å². The Morgan fingerprint density at radius 1 is 1.10 bits per heavy atom. The molecular formula is C16H29N3O. The molecule has 2 unspecified atom stereocenters. The van der Waals surface area contributed by atoms with E-state index in [1.165, 1.54) is 51.5 Å². The van der Waals surface area contributed by atoms with E-state index in [1.807, 2.05) is 0 Å². The van der Waals surface area contributed by atoms with Crippen molar-refractivity contribution in [3.05, 3.63) is 0 Å². The van der Waals surface area contributed by atoms with Crippen molar-refractivity contribution in [2.75, 3.05) is 26.2 Å². The number of rotatable bonds is 3. The molecule has 4 heteroatoms. The van der Waals surface area contributed by atoms with Crippen LogP contribution in [0.5, 0.6) is 0 Å². The lowest BCUT2D eigenvalue weighted by Crippen LogP contribution is -2.61. The van der Waals surface area contributed by atoms with Crippen molar-refractivity contribution >= 4 is 5.91 Å². The molecule has 4 nitrogen and oxygen atoms in total. The Kier molecular flexibility index (Phi) is 4.61. The molecule has 0 aromatic rings. The highest BCUT2D eigenvalue weighted by Crippen LogP contribution is 2.24. The van der Waals surface area contributed by atoms with Crippen molar-refractivity contribution in [1.82, 2.24) is 15.1 Å². The Bertz CT molecular complexity index is 341. The standard InChI is InChI=1S/C16H29N3O/c1-13-11-18-9-5-4-8-15(18)12-19(13)16(20)10-17-14-6-2-3-7-14/h13-15,17H,2-12H2,1H3. The van der Waals surface area contributed by atoms with Crippen LogP contribution >= 0.6 is 0 Å². The van der Waals surface area contributed by atoms with E-state index in [9.17, 15) is 4.79 Å². The van der Waals surface area contributed by atoms with E-state index < -0.39 is 0 Å². The molecule has 1 aliphatic carbocycles. The number of carbonyl (C=O) groups excluding carboxylic acids is 1. The van der Waals surface area contributed by atoms with Gasteiger partial charge in [0.2, 0.25) is 5.91 Å². The zero-order chi connectivity index (χ0) is 13.9. The van der Waals surface area contributed by atoms with Crippen LogP contribution in [0.4, 0.5) is 0 Å². The molecule has 2 aliphatic heterocycles. The first-order chi connectivity index (χ1) is 9.74. The van der Waals surface area contributed by atoms with Gasteiger partial charge in [-0.1, -0.05) is 19.3 Å². The van der Waals surface area contributed by atoms with Gasteiger partial charge in [-0.2, -0.15) is 0 Å². The highest BCUT2D eigenvalue weighted by Gasteiger charge is 2.35. The van der Waals surface area contributed by atoms with Crippen molar-refractivity contribution < 1.29 is 4.79 Å². The van der Waals surface area contributed by atoms with Crippen molar-refractivity contribution in [3.63, 3.8) is 0 Å². The fourth-order valence-corrected chi connectivity index (χ4v) is 4.16. The molecule has 1 amide bonds. The van der Waals surface area contributed by atoms with Crippen LogP contribution in [-0.4, -0.2) is 60.0 Å². The monoisotopic (exact) mass is 279 g/mol. The Balaban J connectivity index is 1.51. The number of fused-ring (bicyclic) bond motifs is 1. The van der Waals surface area contributed by atoms with Crippen LogP contribution in [-0.2, 0) is 4.79 Å². The summed E-state index contributed by atoms with van der Waals surface area (Å²) in [5.41, 5.74) is 0. The van der Waals surface area contributed by atoms with Crippen LogP contribution in [0.3, 0.4) is 0 Å². The lowest BCUT2D eigenvalue weighted by atomic mass is 9.97. The summed E-state index contributed by atoms with van der Waals surface area (Å²) in [4.78, 5) is 17.2. The van der Waals surface area contributed by atoms with E-state index in [-0.39, 0.29) is 0 Å². The van der Waals surface area contributed by atoms with Crippen LogP contribution in [0, 0.1) is 0 Å². The van der Waals surface area contributed by atoms with Gasteiger partial charge in [0.25, 0.3) is 0 Å². The number of piperazine rings is 1. The third-order valence-electron chi connectivity index (χ3n) is 5.40. The van der Waals surface area contributed by atoms with E-state index in [0.29, 0.717) is 30.6 Å². The second-order valence-corrected chi connectivity index (χ2v) is 6.90. The van der Waals surface area contributed by atoms with Gasteiger partial charge in [-0.3, -0.25) is 9.69 Å². The van der Waals surface area contributed by atoms with Crippen LogP contribution < -0.4 is 5.32 Å². The second-order valence-electron chi connectivity index (χ2n) is 6.90. The van der Waals surface area contributed by atoms with Crippen LogP contribution in [0.25, 0.3) is 0 Å². The number of hydrogen-bond acceptors (Lipinski definition) is 3. The summed E-state index contributed by atoms with van der Waals surface area (Å²) in [6.07, 6.45) is 9.08. The Morgan fingerprint density at radius 3 is 2.65 bits per heavy atom. The molecule has 0 spiro atoms. The predicted octanol–water partition coefficient (Wildman–Crippen LogP) is 1.60. The summed E-state index contributed by atoms with van der Waals surface area (Å²) in [6.45, 7) is 6.00. The molecule has 20 heavy (non-hydrogen) atoms. The largest absolute Gasteiger partial charge is 0.336 e. The average molecular weight is 279 g/mol. The molecule has 2 atom stereocenters. The van der Waals surface area contributed by atoms with E-state index >= 15 is 0 Å². The molecule has 3 aliphatic rings. The number of hydrogen-bond donors (Lipinski definition) is 1. The normalized spacial score (nSPS) is 32.4. The number of nitrogens with one attached hydrogen (secondary N) is 1. The molecule has 0 aromatic carbocycles. The zero-order valence-electron chi connectivity index (χ0n) is 12.8. The van der Waals surface area contributed by atoms with Gasteiger partial charge in [0, 0.05) is 31.2 Å². The molecule has 0 aromatic heterocycles. The quantitative estimate of drug-likeness (QED) is 0.852. The van der Waals surface area contributed by atoms with Crippen LogP contribution in [0.1, 0.15) is 51.9 Å². The van der Waals surface area contributed by atoms with E-state index in [2.05, 4.69) is 22.0 Å². The third kappa shape index (κ3) is 3.17. The summed E-state index contributed by atoms with van der Waals surface area (Å²) in [6, 6.07) is 1.59. The van der Waals surface area contributed by atoms with Gasteiger partial charge >= 0.3 is 0 Å². The number of piperidine rings is 1. The maximum Gasteiger partial charge on any atom is 0.236 e. The molecule has 3 fully saturated rings. The van der Waals surface area contributed by atoms with E-state index in [4.69, 9.17) is 0 Å². The summed E-state index contributed by atoms with van der Waals surface area (Å²) >= 11 is 0. The maximum absolute atomic E-state index is 12.5. The first kappa shape index (κ1) is 14.3. The van der Waals surface area contributed by atoms with Gasteiger partial charge in [0.05, 0.1) is 6.54 Å². The topological polar surface area (TPSA) is 35.6 Å². The van der Waals surface area contributed by atoms with Gasteiger partial charge in [-0.25, -0.2) is 0 Å². The zero-order valence-corrected chi connectivity index (χ0v) is 12.8. The fourth-order valence-electron chi connectivity index (χ4n) is 4.16. The molecule has 0 bridgehead atoms. The van der Waals surface area contributed by atoms with Crippen molar-refractivity contribution in [2.24, 2.45) is 0 Å². The smallest absolute Gasteiger partial charge is 0.236 e. The number of nitrogens with zero attached hydrogens (tertiary/aromatic N) is 2. The molecular weight excluding hydrogens is 250 g/mol. The lowest BCUT2D eigenvalue weighted by Gasteiger charge is -2.47. The van der Waals surface area contributed by atoms with E-state index in [1.54, 1.807) is 0 Å². The van der Waals surface area contributed by atoms with Gasteiger partial charge < -0.3 is 10.2 Å². The lowest BCUT2D eigenvalue weighted by molar-refractivity contribution is -0.137. The van der Waals surface area contributed by atoms with Crippen molar-refractivity contribution in [1.29, 1.82) is 0 Å². The van der Waals surface area contributed by atoms with Gasteiger partial charge in [-0.15, -0.1) is 0 Å². The molecule has 1 saturated carbocycles. The highest BCUT2D eigenvalue weighted by atomic mass is 16.2. The first-order valence-corrected chi connectivity index (χ1v) is 8.51. The Labute approximate surface area is 122 Å². The van der Waals surface area contributed by atoms with Crippen molar-refractivity contribution in [3.8, 4) is 0 Å². The average Bonchev–Trinajstić information content (AvgIpc) is 2.97. The summed E-state index contributed by atoms with van der Waals surface area (Å²) in [5.74, 6) is 0.314. The van der Waals surface area contributed by atoms with Gasteiger partial charge in [-0.05, 0) is 39.2 Å². The van der Waals surface area contributed by atoms with Crippen molar-refractivity contribution in [2.45, 2.75) is 70.0 Å². The Hall–Kier alpha value is -0.610. The molecule has 2 heterocycles. The van der Waals surface area contributed by atoms with Gasteiger partial charge in [0.1, 0.15) is 0 Å². The number of carbonyl (C=O) groups is 1. The third-order valence-corrected chi connectivity index (χ3v) is 5.40. The molecule has 0 radical (unpaired) electrons. The second kappa shape index (κ2) is 6.44. The Morgan fingerprint density at radius 2 is 1.85 bits per heavy atom. The molecule has 3 rings (SSSR count). The first-order valence-electron chi connectivity index (χ1n) is 8.51. The van der Waals surface area contributed by atoms with Gasteiger partial charge in [0.15, 0.2) is 0 Å². The molecule has 114 valence electrons. The minimum atomic E-state index is 0.314. The predicted molar refractivity (Wildman–Crippen MR) is 80.6 cm³/mol. The van der Waals surface area contributed by atoms with E-state index in [0.717, 1.165) is 13.1 Å². The summed E-state index contributed by atoms with van der Waals surface area (Å²) in [7, 11) is 0. The highest BCUT2D eigenvalue weighted by molar-refractivity contribution is 5.78. The number of amides is 1. The minimum Gasteiger partial charge on any atom is -0.336 e. The van der Waals surface area contributed by atoms with Crippen LogP contribution in [0.2, 0.25) is 0 Å². The summed E-state index contributed by atoms with van der Waals surface area (Å²) < 4.78 is 0. The molecule has 1 N–H and O–H groups in total. The minimum absolute atomic E-state index is 0.314. The fraction of sp³-hybridized carbons (Fsp3) is 0.938.